The minimum Gasteiger partial charge on any atom is -0.313 e. The van der Waals surface area contributed by atoms with Gasteiger partial charge in [0.25, 0.3) is 0 Å². The summed E-state index contributed by atoms with van der Waals surface area (Å²) in [7, 11) is 1.99. The summed E-state index contributed by atoms with van der Waals surface area (Å²) in [5.74, 6) is 0.993. The van der Waals surface area contributed by atoms with Crippen molar-refractivity contribution in [3.05, 3.63) is 12.2 Å². The third-order valence-electron chi connectivity index (χ3n) is 1.84. The highest BCUT2D eigenvalue weighted by atomic mass is 32.1. The van der Waals surface area contributed by atoms with E-state index >= 15 is 0 Å². The lowest BCUT2D eigenvalue weighted by Crippen LogP contribution is -2.25. The van der Waals surface area contributed by atoms with Gasteiger partial charge < -0.3 is 5.32 Å². The van der Waals surface area contributed by atoms with Crippen molar-refractivity contribution in [1.29, 1.82) is 0 Å². The van der Waals surface area contributed by atoms with Crippen molar-refractivity contribution in [3.63, 3.8) is 0 Å². The van der Waals surface area contributed by atoms with Crippen molar-refractivity contribution < 1.29 is 0 Å². The van der Waals surface area contributed by atoms with Crippen LogP contribution in [0.25, 0.3) is 0 Å². The number of nitrogens with one attached hydrogen (secondary N) is 1. The van der Waals surface area contributed by atoms with E-state index in [4.69, 9.17) is 0 Å². The van der Waals surface area contributed by atoms with Crippen molar-refractivity contribution in [1.82, 2.24) is 5.32 Å². The summed E-state index contributed by atoms with van der Waals surface area (Å²) in [6, 6.07) is 0.495. The van der Waals surface area contributed by atoms with Crippen LogP contribution in [0.1, 0.15) is 26.2 Å². The van der Waals surface area contributed by atoms with Crippen molar-refractivity contribution >= 4 is 12.6 Å². The largest absolute Gasteiger partial charge is 0.313 e. The van der Waals surface area contributed by atoms with Crippen LogP contribution in [0, 0.1) is 0 Å². The molecule has 1 atom stereocenters. The molecule has 0 aromatic carbocycles. The summed E-state index contributed by atoms with van der Waals surface area (Å²) < 4.78 is 0. The molecule has 1 N–H and O–H groups in total. The Balaban J connectivity index is 3.44. The summed E-state index contributed by atoms with van der Waals surface area (Å²) in [4.78, 5) is 0. The second-order valence-electron chi connectivity index (χ2n) is 2.91. The first-order valence-electron chi connectivity index (χ1n) is 4.16. The summed E-state index contributed by atoms with van der Waals surface area (Å²) in [6.07, 6.45) is 3.63. The molecule has 0 aromatic rings. The Kier molecular flexibility index (Phi) is 6.77. The van der Waals surface area contributed by atoms with Crippen LogP contribution in [0.5, 0.6) is 0 Å². The molecule has 0 aliphatic heterocycles. The predicted octanol–water partition coefficient (Wildman–Crippen LogP) is 2.25. The first-order valence-corrected chi connectivity index (χ1v) is 4.79. The van der Waals surface area contributed by atoms with Gasteiger partial charge in [-0.15, -0.1) is 0 Å². The van der Waals surface area contributed by atoms with Gasteiger partial charge in [0.1, 0.15) is 0 Å². The van der Waals surface area contributed by atoms with Crippen LogP contribution in [0.3, 0.4) is 0 Å². The summed E-state index contributed by atoms with van der Waals surface area (Å²) in [6.45, 7) is 5.99. The maximum absolute atomic E-state index is 4.16. The van der Waals surface area contributed by atoms with E-state index in [1.165, 1.54) is 24.8 Å². The zero-order chi connectivity index (χ0) is 8.69. The average Bonchev–Trinajstić information content (AvgIpc) is 1.97. The quantitative estimate of drug-likeness (QED) is 0.357. The van der Waals surface area contributed by atoms with Gasteiger partial charge in [-0.05, 0) is 32.6 Å². The summed E-state index contributed by atoms with van der Waals surface area (Å²) in [5.41, 5.74) is 1.23. The van der Waals surface area contributed by atoms with E-state index in [-0.39, 0.29) is 0 Å². The monoisotopic (exact) mass is 173 g/mol. The molecule has 0 bridgehead atoms. The highest BCUT2D eigenvalue weighted by Gasteiger charge is 2.04. The van der Waals surface area contributed by atoms with E-state index < -0.39 is 0 Å². The molecule has 0 aliphatic rings. The fraction of sp³-hybridized carbons (Fsp3) is 0.778. The SMILES string of the molecule is C=C(C)C(CCCCS)NC. The Hall–Kier alpha value is 0.0500. The number of rotatable bonds is 6. The zero-order valence-electron chi connectivity index (χ0n) is 7.56. The van der Waals surface area contributed by atoms with Gasteiger partial charge in [-0.25, -0.2) is 0 Å². The molecule has 0 heterocycles. The molecule has 11 heavy (non-hydrogen) atoms. The minimum atomic E-state index is 0.495. The first-order chi connectivity index (χ1) is 5.22. The van der Waals surface area contributed by atoms with Gasteiger partial charge in [0.05, 0.1) is 0 Å². The molecule has 0 radical (unpaired) electrons. The molecule has 2 heteroatoms. The van der Waals surface area contributed by atoms with Gasteiger partial charge in [0.15, 0.2) is 0 Å². The number of likely N-dealkylation sites (N-methyl/N-ethyl adjacent to an activating group) is 1. The van der Waals surface area contributed by atoms with Crippen molar-refractivity contribution in [3.8, 4) is 0 Å². The predicted molar refractivity (Wildman–Crippen MR) is 55.4 cm³/mol. The van der Waals surface area contributed by atoms with Crippen LogP contribution >= 0.6 is 12.6 Å². The molecule has 0 saturated heterocycles. The molecule has 0 aliphatic carbocycles. The van der Waals surface area contributed by atoms with E-state index in [0.717, 1.165) is 5.75 Å². The van der Waals surface area contributed by atoms with Gasteiger partial charge >= 0.3 is 0 Å². The highest BCUT2D eigenvalue weighted by molar-refractivity contribution is 7.80. The second kappa shape index (κ2) is 6.74. The van der Waals surface area contributed by atoms with Crippen LogP contribution < -0.4 is 5.32 Å². The van der Waals surface area contributed by atoms with Crippen molar-refractivity contribution in [2.75, 3.05) is 12.8 Å². The van der Waals surface area contributed by atoms with Crippen LogP contribution in [-0.2, 0) is 0 Å². The number of hydrogen-bond acceptors (Lipinski definition) is 2. The van der Waals surface area contributed by atoms with E-state index in [1.54, 1.807) is 0 Å². The molecule has 0 amide bonds. The maximum Gasteiger partial charge on any atom is 0.0271 e. The molecular formula is C9H19NS. The van der Waals surface area contributed by atoms with Crippen LogP contribution in [0.15, 0.2) is 12.2 Å². The van der Waals surface area contributed by atoms with Gasteiger partial charge in [-0.1, -0.05) is 18.6 Å². The second-order valence-corrected chi connectivity index (χ2v) is 3.35. The lowest BCUT2D eigenvalue weighted by molar-refractivity contribution is 0.559. The fourth-order valence-electron chi connectivity index (χ4n) is 1.10. The number of thiol groups is 1. The highest BCUT2D eigenvalue weighted by Crippen LogP contribution is 2.07. The molecule has 0 rings (SSSR count). The first kappa shape index (κ1) is 11.1. The molecule has 0 saturated carbocycles. The number of hydrogen-bond donors (Lipinski definition) is 2. The van der Waals surface area contributed by atoms with E-state index in [1.807, 2.05) is 7.05 Å². The maximum atomic E-state index is 4.16. The standard InChI is InChI=1S/C9H19NS/c1-8(2)9(10-3)6-4-5-7-11/h9-11H,1,4-7H2,2-3H3. The average molecular weight is 173 g/mol. The van der Waals surface area contributed by atoms with Crippen LogP contribution in [0.2, 0.25) is 0 Å². The molecule has 0 fully saturated rings. The summed E-state index contributed by atoms with van der Waals surface area (Å²) >= 11 is 4.16. The minimum absolute atomic E-state index is 0.495. The topological polar surface area (TPSA) is 12.0 Å². The van der Waals surface area contributed by atoms with Crippen LogP contribution in [0.4, 0.5) is 0 Å². The lowest BCUT2D eigenvalue weighted by atomic mass is 10.0. The molecular weight excluding hydrogens is 154 g/mol. The zero-order valence-corrected chi connectivity index (χ0v) is 8.45. The third-order valence-corrected chi connectivity index (χ3v) is 2.16. The Morgan fingerprint density at radius 1 is 1.55 bits per heavy atom. The van der Waals surface area contributed by atoms with E-state index in [0.29, 0.717) is 6.04 Å². The third kappa shape index (κ3) is 5.33. The van der Waals surface area contributed by atoms with Crippen molar-refractivity contribution in [2.45, 2.75) is 32.2 Å². The summed E-state index contributed by atoms with van der Waals surface area (Å²) in [5, 5.41) is 3.24. The Labute approximate surface area is 75.7 Å². The van der Waals surface area contributed by atoms with Crippen molar-refractivity contribution in [2.24, 2.45) is 0 Å². The van der Waals surface area contributed by atoms with Crippen LogP contribution in [-0.4, -0.2) is 18.8 Å². The Morgan fingerprint density at radius 3 is 2.55 bits per heavy atom. The Bertz CT molecular complexity index is 112. The van der Waals surface area contributed by atoms with E-state index in [9.17, 15) is 0 Å². The molecule has 0 aromatic heterocycles. The van der Waals surface area contributed by atoms with Gasteiger partial charge in [-0.3, -0.25) is 0 Å². The smallest absolute Gasteiger partial charge is 0.0271 e. The molecule has 1 nitrogen and oxygen atoms in total. The fourth-order valence-corrected chi connectivity index (χ4v) is 1.32. The Morgan fingerprint density at radius 2 is 2.18 bits per heavy atom. The van der Waals surface area contributed by atoms with Gasteiger partial charge in [-0.2, -0.15) is 12.6 Å². The molecule has 1 unspecified atom stereocenters. The number of unbranched alkanes of at least 4 members (excludes halogenated alkanes) is 1. The molecule has 66 valence electrons. The lowest BCUT2D eigenvalue weighted by Gasteiger charge is -2.15. The molecule has 0 spiro atoms. The van der Waals surface area contributed by atoms with E-state index in [2.05, 4.69) is 31.4 Å². The normalized spacial score (nSPS) is 13.0. The van der Waals surface area contributed by atoms with Gasteiger partial charge in [0.2, 0.25) is 0 Å². The van der Waals surface area contributed by atoms with Gasteiger partial charge in [0, 0.05) is 6.04 Å².